The molecule has 20 heavy (non-hydrogen) atoms. The largest absolute Gasteiger partial charge is 0.370 e. The third kappa shape index (κ3) is 3.48. The molecule has 1 aliphatic heterocycles. The van der Waals surface area contributed by atoms with Crippen LogP contribution < -0.4 is 10.2 Å². The molecule has 1 N–H and O–H groups in total. The Bertz CT molecular complexity index is 461. The topological polar surface area (TPSA) is 48.5 Å². The van der Waals surface area contributed by atoms with Gasteiger partial charge in [-0.2, -0.15) is 0 Å². The van der Waals surface area contributed by atoms with Crippen LogP contribution in [0.5, 0.6) is 0 Å². The van der Waals surface area contributed by atoms with Crippen molar-refractivity contribution in [3.05, 3.63) is 24.0 Å². The van der Waals surface area contributed by atoms with Crippen LogP contribution in [-0.2, 0) is 0 Å². The maximum Gasteiger partial charge on any atom is 0.269 e. The SMILES string of the molecule is CCNC(=O)c1cc(N2CCCC(N(C)C)C2)ccn1. The quantitative estimate of drug-likeness (QED) is 0.902. The second kappa shape index (κ2) is 6.70. The Morgan fingerprint density at radius 1 is 1.55 bits per heavy atom. The van der Waals surface area contributed by atoms with Gasteiger partial charge in [0.05, 0.1) is 0 Å². The van der Waals surface area contributed by atoms with Crippen molar-refractivity contribution in [2.75, 3.05) is 38.6 Å². The second-order valence-corrected chi connectivity index (χ2v) is 5.46. The first-order chi connectivity index (χ1) is 9.61. The fraction of sp³-hybridized carbons (Fsp3) is 0.600. The molecule has 1 aliphatic rings. The van der Waals surface area contributed by atoms with Crippen molar-refractivity contribution in [1.29, 1.82) is 0 Å². The van der Waals surface area contributed by atoms with Crippen LogP contribution in [0.2, 0.25) is 0 Å². The lowest BCUT2D eigenvalue weighted by Gasteiger charge is -2.37. The molecule has 1 saturated heterocycles. The highest BCUT2D eigenvalue weighted by molar-refractivity contribution is 5.93. The molecule has 0 bridgehead atoms. The number of anilines is 1. The van der Waals surface area contributed by atoms with E-state index in [1.54, 1.807) is 6.20 Å². The Hall–Kier alpha value is -1.62. The molecule has 0 aromatic carbocycles. The van der Waals surface area contributed by atoms with Crippen LogP contribution in [0.25, 0.3) is 0 Å². The normalized spacial score (nSPS) is 19.2. The molecule has 5 heteroatoms. The Labute approximate surface area is 121 Å². The van der Waals surface area contributed by atoms with Crippen LogP contribution in [0.1, 0.15) is 30.3 Å². The number of hydrogen-bond donors (Lipinski definition) is 1. The lowest BCUT2D eigenvalue weighted by atomic mass is 10.0. The van der Waals surface area contributed by atoms with Crippen molar-refractivity contribution in [2.45, 2.75) is 25.8 Å². The van der Waals surface area contributed by atoms with Crippen LogP contribution in [0.15, 0.2) is 18.3 Å². The fourth-order valence-corrected chi connectivity index (χ4v) is 2.60. The number of nitrogens with one attached hydrogen (secondary N) is 1. The van der Waals surface area contributed by atoms with Gasteiger partial charge in [-0.25, -0.2) is 0 Å². The number of pyridine rings is 1. The molecule has 110 valence electrons. The van der Waals surface area contributed by atoms with Crippen LogP contribution in [-0.4, -0.2) is 55.6 Å². The number of hydrogen-bond acceptors (Lipinski definition) is 4. The third-order valence-corrected chi connectivity index (χ3v) is 3.81. The molecule has 0 saturated carbocycles. The van der Waals surface area contributed by atoms with E-state index in [-0.39, 0.29) is 5.91 Å². The summed E-state index contributed by atoms with van der Waals surface area (Å²) in [4.78, 5) is 20.6. The van der Waals surface area contributed by atoms with Crippen molar-refractivity contribution in [2.24, 2.45) is 0 Å². The number of amides is 1. The smallest absolute Gasteiger partial charge is 0.269 e. The molecule has 2 rings (SSSR count). The van der Waals surface area contributed by atoms with Crippen LogP contribution in [0.3, 0.4) is 0 Å². The van der Waals surface area contributed by atoms with Gasteiger partial charge in [0.1, 0.15) is 5.69 Å². The molecule has 1 atom stereocenters. The van der Waals surface area contributed by atoms with Crippen molar-refractivity contribution in [3.8, 4) is 0 Å². The van der Waals surface area contributed by atoms with Gasteiger partial charge in [0, 0.05) is 37.6 Å². The van der Waals surface area contributed by atoms with Crippen molar-refractivity contribution in [3.63, 3.8) is 0 Å². The van der Waals surface area contributed by atoms with Crippen molar-refractivity contribution >= 4 is 11.6 Å². The second-order valence-electron chi connectivity index (χ2n) is 5.46. The Morgan fingerprint density at radius 2 is 2.35 bits per heavy atom. The predicted octanol–water partition coefficient (Wildman–Crippen LogP) is 1.36. The van der Waals surface area contributed by atoms with Gasteiger partial charge in [-0.15, -0.1) is 0 Å². The third-order valence-electron chi connectivity index (χ3n) is 3.81. The summed E-state index contributed by atoms with van der Waals surface area (Å²) in [5.41, 5.74) is 1.59. The van der Waals surface area contributed by atoms with Crippen LogP contribution >= 0.6 is 0 Å². The number of carbonyl (C=O) groups excluding carboxylic acids is 1. The average molecular weight is 276 g/mol. The molecule has 1 amide bonds. The van der Waals surface area contributed by atoms with Gasteiger partial charge in [0.2, 0.25) is 0 Å². The molecule has 5 nitrogen and oxygen atoms in total. The summed E-state index contributed by atoms with van der Waals surface area (Å²) in [7, 11) is 4.25. The summed E-state index contributed by atoms with van der Waals surface area (Å²) in [6.07, 6.45) is 4.14. The minimum absolute atomic E-state index is 0.101. The number of rotatable bonds is 4. The molecule has 0 spiro atoms. The predicted molar refractivity (Wildman–Crippen MR) is 81.2 cm³/mol. The monoisotopic (exact) mass is 276 g/mol. The number of nitrogens with zero attached hydrogens (tertiary/aromatic N) is 3. The minimum Gasteiger partial charge on any atom is -0.370 e. The molecular weight excluding hydrogens is 252 g/mol. The van der Waals surface area contributed by atoms with E-state index >= 15 is 0 Å². The highest BCUT2D eigenvalue weighted by Gasteiger charge is 2.22. The maximum absolute atomic E-state index is 11.9. The number of piperidine rings is 1. The Kier molecular flexibility index (Phi) is 4.95. The van der Waals surface area contributed by atoms with Gasteiger partial charge in [-0.05, 0) is 46.0 Å². The minimum atomic E-state index is -0.101. The van der Waals surface area contributed by atoms with Gasteiger partial charge < -0.3 is 15.1 Å². The average Bonchev–Trinajstić information content (AvgIpc) is 2.48. The summed E-state index contributed by atoms with van der Waals surface area (Å²) in [6.45, 7) is 4.58. The summed E-state index contributed by atoms with van der Waals surface area (Å²) in [5.74, 6) is -0.101. The highest BCUT2D eigenvalue weighted by atomic mass is 16.1. The Morgan fingerprint density at radius 3 is 3.05 bits per heavy atom. The molecule has 1 fully saturated rings. The first kappa shape index (κ1) is 14.8. The van der Waals surface area contributed by atoms with Gasteiger partial charge >= 0.3 is 0 Å². The van der Waals surface area contributed by atoms with E-state index in [4.69, 9.17) is 0 Å². The van der Waals surface area contributed by atoms with E-state index < -0.39 is 0 Å². The van der Waals surface area contributed by atoms with E-state index in [0.29, 0.717) is 18.3 Å². The number of aromatic nitrogens is 1. The van der Waals surface area contributed by atoms with Gasteiger partial charge in [0.25, 0.3) is 5.91 Å². The van der Waals surface area contributed by atoms with Gasteiger partial charge in [-0.3, -0.25) is 9.78 Å². The van der Waals surface area contributed by atoms with E-state index in [9.17, 15) is 4.79 Å². The highest BCUT2D eigenvalue weighted by Crippen LogP contribution is 2.21. The number of likely N-dealkylation sites (N-methyl/N-ethyl adjacent to an activating group) is 1. The zero-order valence-corrected chi connectivity index (χ0v) is 12.6. The fourth-order valence-electron chi connectivity index (χ4n) is 2.60. The summed E-state index contributed by atoms with van der Waals surface area (Å²) in [5, 5.41) is 2.79. The van der Waals surface area contributed by atoms with Crippen LogP contribution in [0, 0.1) is 0 Å². The Balaban J connectivity index is 2.12. The van der Waals surface area contributed by atoms with Crippen molar-refractivity contribution in [1.82, 2.24) is 15.2 Å². The zero-order valence-electron chi connectivity index (χ0n) is 12.6. The van der Waals surface area contributed by atoms with E-state index in [1.165, 1.54) is 12.8 Å². The lowest BCUT2D eigenvalue weighted by molar-refractivity contribution is 0.0951. The lowest BCUT2D eigenvalue weighted by Crippen LogP contribution is -2.45. The summed E-state index contributed by atoms with van der Waals surface area (Å²) < 4.78 is 0. The zero-order chi connectivity index (χ0) is 14.5. The molecule has 0 aliphatic carbocycles. The molecule has 0 radical (unpaired) electrons. The standard InChI is InChI=1S/C15H24N4O/c1-4-16-15(20)14-10-12(7-8-17-14)19-9-5-6-13(11-19)18(2)3/h7-8,10,13H,4-6,9,11H2,1-3H3,(H,16,20). The van der Waals surface area contributed by atoms with E-state index in [1.807, 2.05) is 19.1 Å². The molecule has 1 aromatic rings. The molecule has 2 heterocycles. The summed E-state index contributed by atoms with van der Waals surface area (Å²) >= 11 is 0. The van der Waals surface area contributed by atoms with Gasteiger partial charge in [0.15, 0.2) is 0 Å². The molecular formula is C15H24N4O. The molecule has 1 unspecified atom stereocenters. The first-order valence-electron chi connectivity index (χ1n) is 7.27. The molecule has 1 aromatic heterocycles. The maximum atomic E-state index is 11.9. The first-order valence-corrected chi connectivity index (χ1v) is 7.27. The summed E-state index contributed by atoms with van der Waals surface area (Å²) in [6, 6.07) is 4.45. The van der Waals surface area contributed by atoms with Gasteiger partial charge in [-0.1, -0.05) is 0 Å². The van der Waals surface area contributed by atoms with E-state index in [2.05, 4.69) is 34.2 Å². The van der Waals surface area contributed by atoms with E-state index in [0.717, 1.165) is 18.8 Å². The van der Waals surface area contributed by atoms with Crippen molar-refractivity contribution < 1.29 is 4.79 Å². The van der Waals surface area contributed by atoms with Crippen LogP contribution in [0.4, 0.5) is 5.69 Å². The number of carbonyl (C=O) groups is 1.